The fraction of sp³-hybridized carbons (Fsp3) is 0.286. The smallest absolute Gasteiger partial charge is 0.227 e. The first-order chi connectivity index (χ1) is 10.6. The van der Waals surface area contributed by atoms with Gasteiger partial charge in [0.15, 0.2) is 5.78 Å². The molecule has 2 rings (SSSR count). The van der Waals surface area contributed by atoms with Gasteiger partial charge in [-0.05, 0) is 30.0 Å². The van der Waals surface area contributed by atoms with Gasteiger partial charge in [-0.25, -0.2) is 5.10 Å². The minimum Gasteiger partial charge on any atom is -0.295 e. The number of anilines is 1. The number of carbonyl (C=O) groups excluding carboxylic acids is 2. The fourth-order valence-electron chi connectivity index (χ4n) is 1.70. The van der Waals surface area contributed by atoms with E-state index in [2.05, 4.69) is 20.5 Å². The molecule has 0 aliphatic heterocycles. The first kappa shape index (κ1) is 16.5. The summed E-state index contributed by atoms with van der Waals surface area (Å²) < 4.78 is 0. The van der Waals surface area contributed by atoms with Gasteiger partial charge in [-0.3, -0.25) is 14.9 Å². The number of rotatable bonds is 7. The summed E-state index contributed by atoms with van der Waals surface area (Å²) in [5, 5.41) is 10.3. The molecular formula is C14H15ClN4O2S. The van der Waals surface area contributed by atoms with Crippen LogP contribution in [-0.4, -0.2) is 32.6 Å². The number of aromatic nitrogens is 3. The van der Waals surface area contributed by atoms with E-state index in [4.69, 9.17) is 11.6 Å². The summed E-state index contributed by atoms with van der Waals surface area (Å²) in [6.45, 7) is 1.99. The predicted molar refractivity (Wildman–Crippen MR) is 86.4 cm³/mol. The highest BCUT2D eigenvalue weighted by Crippen LogP contribution is 2.14. The second-order valence-corrected chi connectivity index (χ2v) is 6.05. The second kappa shape index (κ2) is 7.95. The zero-order chi connectivity index (χ0) is 15.9. The number of Topliss-reactive ketones (excluding diaryl/α,β-unsaturated/α-hetero) is 1. The van der Waals surface area contributed by atoms with Crippen LogP contribution in [0.4, 0.5) is 5.95 Å². The number of H-pyrrole nitrogens is 1. The van der Waals surface area contributed by atoms with Crippen molar-refractivity contribution in [2.24, 2.45) is 0 Å². The van der Waals surface area contributed by atoms with E-state index in [9.17, 15) is 9.59 Å². The van der Waals surface area contributed by atoms with Gasteiger partial charge in [0, 0.05) is 23.4 Å². The van der Waals surface area contributed by atoms with Crippen LogP contribution in [0.2, 0.25) is 5.02 Å². The summed E-state index contributed by atoms with van der Waals surface area (Å²) in [5.41, 5.74) is 0.540. The third-order valence-corrected chi connectivity index (χ3v) is 3.72. The van der Waals surface area contributed by atoms with Crippen molar-refractivity contribution in [1.82, 2.24) is 15.2 Å². The maximum atomic E-state index is 11.9. The molecule has 0 aliphatic carbocycles. The van der Waals surface area contributed by atoms with Gasteiger partial charge in [0.1, 0.15) is 0 Å². The monoisotopic (exact) mass is 338 g/mol. The van der Waals surface area contributed by atoms with Crippen LogP contribution in [0.5, 0.6) is 0 Å². The van der Waals surface area contributed by atoms with Crippen molar-refractivity contribution in [2.45, 2.75) is 24.9 Å². The van der Waals surface area contributed by atoms with Crippen LogP contribution in [0.3, 0.4) is 0 Å². The van der Waals surface area contributed by atoms with E-state index in [0.29, 0.717) is 21.7 Å². The molecule has 8 heteroatoms. The van der Waals surface area contributed by atoms with Crippen molar-refractivity contribution in [3.05, 3.63) is 34.9 Å². The molecule has 1 aromatic carbocycles. The molecule has 22 heavy (non-hydrogen) atoms. The summed E-state index contributed by atoms with van der Waals surface area (Å²) in [6, 6.07) is 6.59. The topological polar surface area (TPSA) is 87.7 Å². The Labute approximate surface area is 137 Å². The van der Waals surface area contributed by atoms with Crippen molar-refractivity contribution >= 4 is 41.0 Å². The summed E-state index contributed by atoms with van der Waals surface area (Å²) in [4.78, 5) is 27.8. The van der Waals surface area contributed by atoms with Crippen LogP contribution in [0.15, 0.2) is 29.4 Å². The molecule has 0 fully saturated rings. The lowest BCUT2D eigenvalue weighted by molar-refractivity contribution is -0.116. The normalized spacial score (nSPS) is 10.5. The molecule has 1 amide bonds. The van der Waals surface area contributed by atoms with Crippen molar-refractivity contribution < 1.29 is 9.59 Å². The molecule has 0 atom stereocenters. The lowest BCUT2D eigenvalue weighted by atomic mass is 10.1. The Kier molecular flexibility index (Phi) is 5.97. The number of thioether (sulfide) groups is 1. The molecule has 2 aromatic rings. The van der Waals surface area contributed by atoms with E-state index in [1.807, 2.05) is 6.92 Å². The summed E-state index contributed by atoms with van der Waals surface area (Å²) in [7, 11) is 0. The Balaban J connectivity index is 1.81. The SMILES string of the molecule is CCSc1n[nH]c(NC(=O)CCC(=O)c2ccc(Cl)cc2)n1. The molecule has 0 spiro atoms. The summed E-state index contributed by atoms with van der Waals surface area (Å²) in [6.07, 6.45) is 0.205. The highest BCUT2D eigenvalue weighted by Gasteiger charge is 2.11. The van der Waals surface area contributed by atoms with Crippen LogP contribution in [0.25, 0.3) is 0 Å². The zero-order valence-corrected chi connectivity index (χ0v) is 13.5. The highest BCUT2D eigenvalue weighted by molar-refractivity contribution is 7.99. The largest absolute Gasteiger partial charge is 0.295 e. The van der Waals surface area contributed by atoms with Crippen LogP contribution >= 0.6 is 23.4 Å². The van der Waals surface area contributed by atoms with E-state index >= 15 is 0 Å². The van der Waals surface area contributed by atoms with Crippen molar-refractivity contribution in [1.29, 1.82) is 0 Å². The standard InChI is InChI=1S/C14H15ClN4O2S/c1-2-22-14-17-13(18-19-14)16-12(21)8-7-11(20)9-3-5-10(15)6-4-9/h3-6H,2,7-8H2,1H3,(H2,16,17,18,19,21). The third kappa shape index (κ3) is 4.85. The van der Waals surface area contributed by atoms with Gasteiger partial charge in [0.25, 0.3) is 0 Å². The van der Waals surface area contributed by atoms with Crippen LogP contribution in [0.1, 0.15) is 30.1 Å². The molecular weight excluding hydrogens is 324 g/mol. The van der Waals surface area contributed by atoms with Crippen LogP contribution in [-0.2, 0) is 4.79 Å². The van der Waals surface area contributed by atoms with Gasteiger partial charge in [-0.2, -0.15) is 4.98 Å². The quantitative estimate of drug-likeness (QED) is 0.598. The number of nitrogens with one attached hydrogen (secondary N) is 2. The minimum atomic E-state index is -0.286. The maximum Gasteiger partial charge on any atom is 0.227 e. The Hall–Kier alpha value is -1.86. The molecule has 6 nitrogen and oxygen atoms in total. The molecule has 1 aromatic heterocycles. The number of benzene rings is 1. The number of nitrogens with zero attached hydrogens (tertiary/aromatic N) is 2. The fourth-order valence-corrected chi connectivity index (χ4v) is 2.35. The van der Waals surface area contributed by atoms with Gasteiger partial charge >= 0.3 is 0 Å². The average Bonchev–Trinajstić information content (AvgIpc) is 2.93. The number of carbonyl (C=O) groups is 2. The van der Waals surface area contributed by atoms with Crippen LogP contribution in [0, 0.1) is 0 Å². The average molecular weight is 339 g/mol. The number of ketones is 1. The summed E-state index contributed by atoms with van der Waals surface area (Å²) in [5.74, 6) is 0.749. The molecule has 116 valence electrons. The van der Waals surface area contributed by atoms with Gasteiger partial charge in [-0.1, -0.05) is 30.3 Å². The predicted octanol–water partition coefficient (Wildman–Crippen LogP) is 3.17. The Bertz CT molecular complexity index is 657. The molecule has 1 heterocycles. The van der Waals surface area contributed by atoms with E-state index in [-0.39, 0.29) is 24.5 Å². The van der Waals surface area contributed by atoms with E-state index in [0.717, 1.165) is 5.75 Å². The minimum absolute atomic E-state index is 0.0818. The maximum absolute atomic E-state index is 11.9. The number of hydrogen-bond donors (Lipinski definition) is 2. The molecule has 0 saturated carbocycles. The lowest BCUT2D eigenvalue weighted by Crippen LogP contribution is -2.14. The van der Waals surface area contributed by atoms with Gasteiger partial charge in [0.2, 0.25) is 17.0 Å². The Morgan fingerprint density at radius 3 is 2.68 bits per heavy atom. The van der Waals surface area contributed by atoms with Crippen molar-refractivity contribution in [2.75, 3.05) is 11.1 Å². The Morgan fingerprint density at radius 1 is 1.27 bits per heavy atom. The molecule has 0 unspecified atom stereocenters. The Morgan fingerprint density at radius 2 is 2.00 bits per heavy atom. The first-order valence-corrected chi connectivity index (χ1v) is 8.08. The molecule has 2 N–H and O–H groups in total. The van der Waals surface area contributed by atoms with Crippen LogP contribution < -0.4 is 5.32 Å². The highest BCUT2D eigenvalue weighted by atomic mass is 35.5. The lowest BCUT2D eigenvalue weighted by Gasteiger charge is -2.02. The molecule has 0 saturated heterocycles. The molecule has 0 aliphatic rings. The summed E-state index contributed by atoms with van der Waals surface area (Å²) >= 11 is 7.24. The molecule has 0 radical (unpaired) electrons. The number of amides is 1. The van der Waals surface area contributed by atoms with Gasteiger partial charge in [0.05, 0.1) is 0 Å². The number of hydrogen-bond acceptors (Lipinski definition) is 5. The van der Waals surface area contributed by atoms with Crippen molar-refractivity contribution in [3.8, 4) is 0 Å². The van der Waals surface area contributed by atoms with Gasteiger partial charge < -0.3 is 0 Å². The van der Waals surface area contributed by atoms with Gasteiger partial charge in [-0.15, -0.1) is 5.10 Å². The first-order valence-electron chi connectivity index (χ1n) is 6.72. The zero-order valence-electron chi connectivity index (χ0n) is 11.9. The molecule has 0 bridgehead atoms. The number of halogens is 1. The van der Waals surface area contributed by atoms with Crippen molar-refractivity contribution in [3.63, 3.8) is 0 Å². The third-order valence-electron chi connectivity index (χ3n) is 2.74. The number of aromatic amines is 1. The van der Waals surface area contributed by atoms with E-state index in [1.165, 1.54) is 11.8 Å². The second-order valence-electron chi connectivity index (χ2n) is 4.38. The van der Waals surface area contributed by atoms with E-state index in [1.54, 1.807) is 24.3 Å². The van der Waals surface area contributed by atoms with E-state index < -0.39 is 0 Å².